The number of ether oxygens (including phenoxy) is 6. The lowest BCUT2D eigenvalue weighted by molar-refractivity contribution is -0.336. The van der Waals surface area contributed by atoms with Crippen molar-refractivity contribution in [2.75, 3.05) is 13.7 Å². The van der Waals surface area contributed by atoms with Crippen molar-refractivity contribution < 1.29 is 57.5 Å². The first-order valence-corrected chi connectivity index (χ1v) is 17.1. The monoisotopic (exact) mass is 674 g/mol. The van der Waals surface area contributed by atoms with Gasteiger partial charge in [-0.25, -0.2) is 4.79 Å². The zero-order valence-electron chi connectivity index (χ0n) is 29.3. The van der Waals surface area contributed by atoms with Gasteiger partial charge >= 0.3 is 29.8 Å². The van der Waals surface area contributed by atoms with Crippen LogP contribution in [0.15, 0.2) is 12.2 Å². The fourth-order valence-electron chi connectivity index (χ4n) is 12.2. The second-order valence-electron chi connectivity index (χ2n) is 16.2. The number of cyclic esters (lactones) is 1. The van der Waals surface area contributed by atoms with Crippen molar-refractivity contribution in [3.05, 3.63) is 12.2 Å². The van der Waals surface area contributed by atoms with Gasteiger partial charge in [-0.2, -0.15) is 0 Å². The van der Waals surface area contributed by atoms with Crippen molar-refractivity contribution >= 4 is 29.8 Å². The van der Waals surface area contributed by atoms with Crippen LogP contribution >= 0.6 is 0 Å². The molecule has 1 N–H and O–H groups in total. The van der Waals surface area contributed by atoms with Crippen molar-refractivity contribution in [3.63, 3.8) is 0 Å². The summed E-state index contributed by atoms with van der Waals surface area (Å²) in [4.78, 5) is 65.4. The van der Waals surface area contributed by atoms with E-state index >= 15 is 0 Å². The van der Waals surface area contributed by atoms with E-state index in [0.29, 0.717) is 31.3 Å². The average Bonchev–Trinajstić information content (AvgIpc) is 3.76. The molecule has 13 unspecified atom stereocenters. The number of hydrogen-bond donors (Lipinski definition) is 1. The van der Waals surface area contributed by atoms with E-state index in [-0.39, 0.29) is 25.9 Å². The van der Waals surface area contributed by atoms with Crippen LogP contribution in [0.3, 0.4) is 0 Å². The molecule has 6 rings (SSSR count). The molecule has 0 aromatic heterocycles. The van der Waals surface area contributed by atoms with Crippen LogP contribution in [-0.4, -0.2) is 84.8 Å². The van der Waals surface area contributed by atoms with E-state index in [1.165, 1.54) is 27.9 Å². The number of carbonyl (C=O) groups is 5. The Balaban J connectivity index is 1.59. The molecule has 0 spiro atoms. The fraction of sp³-hybridized carbons (Fsp3) is 0.806. The topological polar surface area (TPSA) is 164 Å². The van der Waals surface area contributed by atoms with Crippen LogP contribution < -0.4 is 0 Å². The average molecular weight is 675 g/mol. The Hall–Kier alpha value is -2.99. The summed E-state index contributed by atoms with van der Waals surface area (Å²) in [6.45, 7) is 15.9. The lowest BCUT2D eigenvalue weighted by atomic mass is 9.29. The minimum absolute atomic E-state index is 0.0845. The molecule has 48 heavy (non-hydrogen) atoms. The van der Waals surface area contributed by atoms with Gasteiger partial charge in [0, 0.05) is 44.4 Å². The minimum Gasteiger partial charge on any atom is -0.468 e. The molecule has 4 saturated carbocycles. The van der Waals surface area contributed by atoms with Gasteiger partial charge in [-0.1, -0.05) is 32.9 Å². The molecule has 2 saturated heterocycles. The molecule has 12 heteroatoms. The van der Waals surface area contributed by atoms with Gasteiger partial charge in [-0.05, 0) is 56.3 Å². The van der Waals surface area contributed by atoms with E-state index < -0.39 is 105 Å². The van der Waals surface area contributed by atoms with Crippen molar-refractivity contribution in [2.45, 2.75) is 130 Å². The summed E-state index contributed by atoms with van der Waals surface area (Å²) in [6, 6.07) is 0. The first-order chi connectivity index (χ1) is 22.3. The van der Waals surface area contributed by atoms with Crippen molar-refractivity contribution in [1.82, 2.24) is 0 Å². The Kier molecular flexibility index (Phi) is 7.99. The molecule has 0 radical (unpaired) electrons. The zero-order valence-corrected chi connectivity index (χ0v) is 29.3. The third kappa shape index (κ3) is 4.36. The summed E-state index contributed by atoms with van der Waals surface area (Å²) in [7, 11) is 1.31. The highest BCUT2D eigenvalue weighted by Crippen LogP contribution is 2.79. The predicted molar refractivity (Wildman–Crippen MR) is 167 cm³/mol. The maximum Gasteiger partial charge on any atom is 0.338 e. The highest BCUT2D eigenvalue weighted by molar-refractivity contribution is 5.82. The third-order valence-electron chi connectivity index (χ3n) is 14.1. The van der Waals surface area contributed by atoms with Crippen LogP contribution in [0.5, 0.6) is 0 Å². The van der Waals surface area contributed by atoms with E-state index in [9.17, 15) is 29.1 Å². The second kappa shape index (κ2) is 11.0. The summed E-state index contributed by atoms with van der Waals surface area (Å²) < 4.78 is 35.5. The lowest BCUT2D eigenvalue weighted by Gasteiger charge is -2.75. The highest BCUT2D eigenvalue weighted by atomic mass is 16.6. The van der Waals surface area contributed by atoms with Gasteiger partial charge in [0.25, 0.3) is 0 Å². The lowest BCUT2D eigenvalue weighted by Crippen LogP contribution is -2.80. The summed E-state index contributed by atoms with van der Waals surface area (Å²) >= 11 is 0. The maximum atomic E-state index is 14.6. The first kappa shape index (κ1) is 34.9. The number of methoxy groups -OCH3 is 1. The molecule has 0 amide bonds. The Bertz CT molecular complexity index is 1460. The Morgan fingerprint density at radius 1 is 0.938 bits per heavy atom. The van der Waals surface area contributed by atoms with Gasteiger partial charge in [-0.3, -0.25) is 19.2 Å². The molecule has 13 atom stereocenters. The fourth-order valence-corrected chi connectivity index (χ4v) is 12.2. The van der Waals surface area contributed by atoms with E-state index in [0.717, 1.165) is 0 Å². The molecule has 0 bridgehead atoms. The number of esters is 5. The van der Waals surface area contributed by atoms with Crippen LogP contribution in [0, 0.1) is 38.9 Å². The van der Waals surface area contributed by atoms with Crippen molar-refractivity contribution in [3.8, 4) is 0 Å². The minimum atomic E-state index is -1.75. The van der Waals surface area contributed by atoms with Crippen LogP contribution in [0.2, 0.25) is 0 Å². The van der Waals surface area contributed by atoms with Gasteiger partial charge in [0.2, 0.25) is 0 Å². The van der Waals surface area contributed by atoms with Crippen LogP contribution in [0.4, 0.5) is 0 Å². The van der Waals surface area contributed by atoms with Gasteiger partial charge in [0.15, 0.2) is 6.10 Å². The molecule has 2 aliphatic heterocycles. The Morgan fingerprint density at radius 3 is 2.19 bits per heavy atom. The van der Waals surface area contributed by atoms with Gasteiger partial charge in [0.1, 0.15) is 30.3 Å². The normalized spacial score (nSPS) is 48.8. The van der Waals surface area contributed by atoms with Gasteiger partial charge < -0.3 is 33.5 Å². The highest BCUT2D eigenvalue weighted by Gasteiger charge is 2.84. The standard InChI is InChI=1S/C36H50O12/c1-18-14-24(47-22(5)39)32(7)11-12-33(8)27-23(46-21(4)38)16-34(17-44-20(3)37)19(2)45-29(40)26-25(48-26)28(34)31(27,6)10-13-35(33,30(41)43-9)36(32,42)15-18/h19,23-28,42H,1,10-17H2,2-9H3. The largest absolute Gasteiger partial charge is 0.468 e. The van der Waals surface area contributed by atoms with Crippen molar-refractivity contribution in [1.29, 1.82) is 0 Å². The molecular formula is C36H50O12. The number of hydrogen-bond acceptors (Lipinski definition) is 12. The molecule has 12 nitrogen and oxygen atoms in total. The SMILES string of the molecule is C=C1CC(OC(C)=O)C2(C)CCC3(C)C4C(OC(C)=O)CC5(COC(C)=O)C(C)OC(=O)C6OC6C5C4(C)CCC3(C(=O)OC)C2(O)C1. The smallest absolute Gasteiger partial charge is 0.338 e. The number of fused-ring (bicyclic) bond motifs is 9. The zero-order chi connectivity index (χ0) is 35.4. The quantitative estimate of drug-likeness (QED) is 0.195. The predicted octanol–water partition coefficient (Wildman–Crippen LogP) is 3.60. The van der Waals surface area contributed by atoms with E-state index in [2.05, 4.69) is 13.5 Å². The van der Waals surface area contributed by atoms with Crippen molar-refractivity contribution in [2.24, 2.45) is 38.9 Å². The molecule has 0 aromatic carbocycles. The third-order valence-corrected chi connectivity index (χ3v) is 14.1. The summed E-state index contributed by atoms with van der Waals surface area (Å²) in [5.41, 5.74) is -6.45. The van der Waals surface area contributed by atoms with Crippen LogP contribution in [0.1, 0.15) is 93.4 Å². The van der Waals surface area contributed by atoms with E-state index in [1.54, 1.807) is 6.92 Å². The number of epoxide rings is 1. The molecular weight excluding hydrogens is 624 g/mol. The number of carbonyl (C=O) groups excluding carboxylic acids is 5. The van der Waals surface area contributed by atoms with Gasteiger partial charge in [0.05, 0.1) is 24.2 Å². The summed E-state index contributed by atoms with van der Waals surface area (Å²) in [5.74, 6) is -3.52. The molecule has 6 fully saturated rings. The maximum absolute atomic E-state index is 14.6. The Labute approximate surface area is 281 Å². The molecule has 4 aliphatic carbocycles. The van der Waals surface area contributed by atoms with Crippen LogP contribution in [0.25, 0.3) is 0 Å². The molecule has 0 aromatic rings. The van der Waals surface area contributed by atoms with Gasteiger partial charge in [-0.15, -0.1) is 0 Å². The van der Waals surface area contributed by atoms with Crippen LogP contribution in [-0.2, 0) is 52.4 Å². The Morgan fingerprint density at radius 2 is 1.58 bits per heavy atom. The first-order valence-electron chi connectivity index (χ1n) is 17.1. The molecule has 266 valence electrons. The van der Waals surface area contributed by atoms with E-state index in [4.69, 9.17) is 28.4 Å². The number of aliphatic hydroxyl groups is 1. The second-order valence-corrected chi connectivity index (χ2v) is 16.2. The van der Waals surface area contributed by atoms with E-state index in [1.807, 2.05) is 13.8 Å². The summed E-state index contributed by atoms with van der Waals surface area (Å²) in [5, 5.41) is 13.4. The molecule has 6 aliphatic rings. The molecule has 2 heterocycles. The number of rotatable bonds is 5. The summed E-state index contributed by atoms with van der Waals surface area (Å²) in [6.07, 6.45) is -1.64.